The molecule has 2 heterocycles. The maximum Gasteiger partial charge on any atom is 0.242 e. The lowest BCUT2D eigenvalue weighted by molar-refractivity contribution is -0.140. The van der Waals surface area contributed by atoms with E-state index in [0.717, 1.165) is 34.0 Å². The SMILES string of the molecule is COc1cccc(-c2ccc(N3CCN(C(=O)CN(Cc4ccc(F)cc4)C(=O)Cc4ccccc4)CC3)nn2)c1. The summed E-state index contributed by atoms with van der Waals surface area (Å²) in [6, 6.07) is 27.0. The van der Waals surface area contributed by atoms with Crippen molar-refractivity contribution in [2.24, 2.45) is 0 Å². The van der Waals surface area contributed by atoms with E-state index < -0.39 is 0 Å². The van der Waals surface area contributed by atoms with Gasteiger partial charge in [0.05, 0.1) is 19.2 Å². The smallest absolute Gasteiger partial charge is 0.242 e. The van der Waals surface area contributed by atoms with Gasteiger partial charge in [0.15, 0.2) is 5.82 Å². The molecule has 0 atom stereocenters. The van der Waals surface area contributed by atoms with E-state index in [9.17, 15) is 14.0 Å². The standard InChI is InChI=1S/C32H32FN5O3/c1-41-28-9-5-8-26(21-28)29-14-15-30(35-34-29)36-16-18-37(19-17-36)32(40)23-38(22-25-10-12-27(33)13-11-25)31(39)20-24-6-3-2-4-7-24/h2-15,21H,16-20,22-23H2,1H3. The van der Waals surface area contributed by atoms with Crippen molar-refractivity contribution in [3.63, 3.8) is 0 Å². The molecule has 1 saturated heterocycles. The van der Waals surface area contributed by atoms with E-state index in [2.05, 4.69) is 15.1 Å². The molecule has 41 heavy (non-hydrogen) atoms. The van der Waals surface area contributed by atoms with Gasteiger partial charge in [0.2, 0.25) is 11.8 Å². The fourth-order valence-corrected chi connectivity index (χ4v) is 4.80. The molecule has 3 aromatic carbocycles. The lowest BCUT2D eigenvalue weighted by Crippen LogP contribution is -2.52. The minimum absolute atomic E-state index is 0.0436. The molecule has 0 radical (unpaired) electrons. The number of benzene rings is 3. The number of ether oxygens (including phenoxy) is 1. The number of nitrogens with zero attached hydrogens (tertiary/aromatic N) is 5. The van der Waals surface area contributed by atoms with Crippen LogP contribution >= 0.6 is 0 Å². The number of carbonyl (C=O) groups excluding carboxylic acids is 2. The van der Waals surface area contributed by atoms with Crippen LogP contribution in [0.25, 0.3) is 11.3 Å². The van der Waals surface area contributed by atoms with Crippen LogP contribution in [0.1, 0.15) is 11.1 Å². The van der Waals surface area contributed by atoms with Crippen LogP contribution in [-0.2, 0) is 22.6 Å². The average Bonchev–Trinajstić information content (AvgIpc) is 3.02. The lowest BCUT2D eigenvalue weighted by atomic mass is 10.1. The molecular formula is C32H32FN5O3. The second kappa shape index (κ2) is 13.0. The van der Waals surface area contributed by atoms with Crippen molar-refractivity contribution < 1.29 is 18.7 Å². The third-order valence-corrected chi connectivity index (χ3v) is 7.14. The first-order valence-corrected chi connectivity index (χ1v) is 13.6. The Labute approximate surface area is 239 Å². The minimum atomic E-state index is -0.343. The van der Waals surface area contributed by atoms with Gasteiger partial charge >= 0.3 is 0 Å². The van der Waals surface area contributed by atoms with E-state index in [0.29, 0.717) is 26.2 Å². The quantitative estimate of drug-likeness (QED) is 0.309. The topological polar surface area (TPSA) is 78.9 Å². The maximum absolute atomic E-state index is 13.4. The third kappa shape index (κ3) is 7.25. The molecule has 1 aliphatic rings. The maximum atomic E-state index is 13.4. The van der Waals surface area contributed by atoms with Gasteiger partial charge in [-0.05, 0) is 47.5 Å². The lowest BCUT2D eigenvalue weighted by Gasteiger charge is -2.36. The molecule has 1 fully saturated rings. The number of methoxy groups -OCH3 is 1. The summed E-state index contributed by atoms with van der Waals surface area (Å²) in [7, 11) is 1.63. The summed E-state index contributed by atoms with van der Waals surface area (Å²) in [6.45, 7) is 2.42. The first kappa shape index (κ1) is 27.8. The molecule has 0 saturated carbocycles. The average molecular weight is 554 g/mol. The predicted octanol–water partition coefficient (Wildman–Crippen LogP) is 4.21. The molecule has 0 aliphatic carbocycles. The van der Waals surface area contributed by atoms with E-state index >= 15 is 0 Å². The van der Waals surface area contributed by atoms with Crippen LogP contribution < -0.4 is 9.64 Å². The summed E-state index contributed by atoms with van der Waals surface area (Å²) in [5.74, 6) is 0.892. The summed E-state index contributed by atoms with van der Waals surface area (Å²) >= 11 is 0. The number of halogens is 1. The number of aromatic nitrogens is 2. The molecule has 1 aromatic heterocycles. The summed E-state index contributed by atoms with van der Waals surface area (Å²) in [5.41, 5.74) is 3.32. The Morgan fingerprint density at radius 2 is 1.61 bits per heavy atom. The molecule has 5 rings (SSSR count). The summed E-state index contributed by atoms with van der Waals surface area (Å²) in [6.07, 6.45) is 0.188. The molecule has 0 N–H and O–H groups in total. The molecule has 2 amide bonds. The Balaban J connectivity index is 1.20. The zero-order valence-electron chi connectivity index (χ0n) is 22.9. The summed E-state index contributed by atoms with van der Waals surface area (Å²) in [5, 5.41) is 8.82. The van der Waals surface area contributed by atoms with Crippen LogP contribution in [0.3, 0.4) is 0 Å². The summed E-state index contributed by atoms with van der Waals surface area (Å²) in [4.78, 5) is 32.0. The van der Waals surface area contributed by atoms with E-state index in [1.807, 2.05) is 66.7 Å². The Morgan fingerprint density at radius 3 is 2.29 bits per heavy atom. The Hall–Kier alpha value is -4.79. The van der Waals surface area contributed by atoms with Gasteiger partial charge in [0.25, 0.3) is 0 Å². The van der Waals surface area contributed by atoms with Gasteiger partial charge in [0.1, 0.15) is 18.1 Å². The van der Waals surface area contributed by atoms with E-state index in [1.54, 1.807) is 29.0 Å². The Kier molecular flexibility index (Phi) is 8.83. The molecule has 8 nitrogen and oxygen atoms in total. The van der Waals surface area contributed by atoms with Gasteiger partial charge in [-0.2, -0.15) is 0 Å². The van der Waals surface area contributed by atoms with Crippen molar-refractivity contribution in [3.8, 4) is 17.0 Å². The molecule has 9 heteroatoms. The van der Waals surface area contributed by atoms with Crippen molar-refractivity contribution in [1.29, 1.82) is 0 Å². The largest absolute Gasteiger partial charge is 0.497 e. The second-order valence-electron chi connectivity index (χ2n) is 9.92. The minimum Gasteiger partial charge on any atom is -0.497 e. The number of hydrogen-bond acceptors (Lipinski definition) is 6. The van der Waals surface area contributed by atoms with E-state index in [-0.39, 0.29) is 37.1 Å². The van der Waals surface area contributed by atoms with Crippen molar-refractivity contribution in [2.75, 3.05) is 44.7 Å². The Morgan fingerprint density at radius 1 is 0.854 bits per heavy atom. The number of rotatable bonds is 9. The highest BCUT2D eigenvalue weighted by Gasteiger charge is 2.26. The van der Waals surface area contributed by atoms with Gasteiger partial charge in [-0.3, -0.25) is 9.59 Å². The van der Waals surface area contributed by atoms with Gasteiger partial charge in [-0.1, -0.05) is 54.6 Å². The summed E-state index contributed by atoms with van der Waals surface area (Å²) < 4.78 is 18.7. The van der Waals surface area contributed by atoms with E-state index in [4.69, 9.17) is 4.74 Å². The van der Waals surface area contributed by atoms with Crippen LogP contribution in [0.5, 0.6) is 5.75 Å². The monoisotopic (exact) mass is 553 g/mol. The highest BCUT2D eigenvalue weighted by atomic mass is 19.1. The molecule has 0 unspecified atom stereocenters. The van der Waals surface area contributed by atoms with Gasteiger partial charge in [0, 0.05) is 38.3 Å². The van der Waals surface area contributed by atoms with Gasteiger partial charge in [-0.15, -0.1) is 10.2 Å². The molecule has 4 aromatic rings. The van der Waals surface area contributed by atoms with Crippen LogP contribution in [0.2, 0.25) is 0 Å². The first-order chi connectivity index (χ1) is 20.0. The zero-order valence-corrected chi connectivity index (χ0v) is 22.9. The van der Waals surface area contributed by atoms with Crippen LogP contribution in [-0.4, -0.2) is 71.6 Å². The third-order valence-electron chi connectivity index (χ3n) is 7.14. The molecule has 0 bridgehead atoms. The van der Waals surface area contributed by atoms with Crippen LogP contribution in [0.4, 0.5) is 10.2 Å². The van der Waals surface area contributed by atoms with Crippen molar-refractivity contribution in [1.82, 2.24) is 20.0 Å². The fourth-order valence-electron chi connectivity index (χ4n) is 4.80. The Bertz CT molecular complexity index is 1460. The van der Waals surface area contributed by atoms with Gasteiger partial charge in [-0.25, -0.2) is 4.39 Å². The first-order valence-electron chi connectivity index (χ1n) is 13.6. The fraction of sp³-hybridized carbons (Fsp3) is 0.250. The molecular weight excluding hydrogens is 521 g/mol. The van der Waals surface area contributed by atoms with Crippen LogP contribution in [0.15, 0.2) is 91.0 Å². The molecule has 1 aliphatic heterocycles. The van der Waals surface area contributed by atoms with Crippen LogP contribution in [0, 0.1) is 5.82 Å². The number of amides is 2. The molecule has 210 valence electrons. The van der Waals surface area contributed by atoms with Crippen molar-refractivity contribution >= 4 is 17.6 Å². The highest BCUT2D eigenvalue weighted by Crippen LogP contribution is 2.23. The highest BCUT2D eigenvalue weighted by molar-refractivity contribution is 5.86. The second-order valence-corrected chi connectivity index (χ2v) is 9.92. The number of carbonyl (C=O) groups is 2. The number of hydrogen-bond donors (Lipinski definition) is 0. The predicted molar refractivity (Wildman–Crippen MR) is 155 cm³/mol. The zero-order chi connectivity index (χ0) is 28.6. The van der Waals surface area contributed by atoms with Crippen molar-refractivity contribution in [2.45, 2.75) is 13.0 Å². The number of piperazine rings is 1. The number of anilines is 1. The normalized spacial score (nSPS) is 13.1. The van der Waals surface area contributed by atoms with Gasteiger partial charge < -0.3 is 19.4 Å². The van der Waals surface area contributed by atoms with Crippen molar-refractivity contribution in [3.05, 3.63) is 108 Å². The van der Waals surface area contributed by atoms with E-state index in [1.165, 1.54) is 12.1 Å². The molecule has 0 spiro atoms.